The van der Waals surface area contributed by atoms with Crippen LogP contribution in [0.25, 0.3) is 21.8 Å². The lowest BCUT2D eigenvalue weighted by molar-refractivity contribution is -0.150. The first-order valence-corrected chi connectivity index (χ1v) is 5.82. The Labute approximate surface area is 108 Å². The Morgan fingerprint density at radius 1 is 1.32 bits per heavy atom. The van der Waals surface area contributed by atoms with E-state index in [0.29, 0.717) is 5.56 Å². The van der Waals surface area contributed by atoms with Crippen molar-refractivity contribution in [2.45, 2.75) is 6.10 Å². The number of aromatic amines is 1. The molecule has 5 nitrogen and oxygen atoms in total. The minimum absolute atomic E-state index is 0.511. The number of H-pyrrole nitrogens is 1. The highest BCUT2D eigenvalue weighted by Crippen LogP contribution is 2.27. The van der Waals surface area contributed by atoms with Gasteiger partial charge < -0.3 is 14.8 Å². The second kappa shape index (κ2) is 4.37. The summed E-state index contributed by atoms with van der Waals surface area (Å²) in [5.41, 5.74) is 2.36. The van der Waals surface area contributed by atoms with Gasteiger partial charge in [0.15, 0.2) is 6.10 Å². The highest BCUT2D eigenvalue weighted by Gasteiger charge is 2.18. The molecular formula is C14H12N2O3. The third-order valence-electron chi connectivity index (χ3n) is 3.16. The molecule has 2 aromatic heterocycles. The Hall–Kier alpha value is -2.40. The molecule has 1 atom stereocenters. The molecule has 0 aliphatic carbocycles. The van der Waals surface area contributed by atoms with E-state index in [9.17, 15) is 9.90 Å². The first kappa shape index (κ1) is 11.7. The molecule has 96 valence electrons. The Bertz CT molecular complexity index is 764. The van der Waals surface area contributed by atoms with Gasteiger partial charge in [0.05, 0.1) is 18.8 Å². The van der Waals surface area contributed by atoms with Crippen LogP contribution in [-0.2, 0) is 9.53 Å². The predicted octanol–water partition coefficient (Wildman–Crippen LogP) is 1.92. The van der Waals surface area contributed by atoms with Crippen molar-refractivity contribution in [2.75, 3.05) is 7.11 Å². The number of rotatable bonds is 2. The molecule has 3 aromatic rings. The van der Waals surface area contributed by atoms with Gasteiger partial charge in [-0.2, -0.15) is 0 Å². The highest BCUT2D eigenvalue weighted by atomic mass is 16.5. The molecule has 0 fully saturated rings. The number of esters is 1. The summed E-state index contributed by atoms with van der Waals surface area (Å²) in [6, 6.07) is 7.21. The zero-order valence-corrected chi connectivity index (χ0v) is 10.3. The quantitative estimate of drug-likeness (QED) is 0.687. The van der Waals surface area contributed by atoms with E-state index in [2.05, 4.69) is 14.7 Å². The van der Waals surface area contributed by atoms with Crippen LogP contribution in [-0.4, -0.2) is 28.2 Å². The summed E-state index contributed by atoms with van der Waals surface area (Å²) in [7, 11) is 1.25. The summed E-state index contributed by atoms with van der Waals surface area (Å²) in [4.78, 5) is 18.6. The summed E-state index contributed by atoms with van der Waals surface area (Å²) in [5.74, 6) is -0.666. The second-order valence-electron chi connectivity index (χ2n) is 4.28. The molecule has 0 bridgehead atoms. The Morgan fingerprint density at radius 3 is 2.95 bits per heavy atom. The van der Waals surface area contributed by atoms with Crippen LogP contribution in [0.5, 0.6) is 0 Å². The van der Waals surface area contributed by atoms with E-state index in [0.717, 1.165) is 21.8 Å². The third kappa shape index (κ3) is 1.84. The van der Waals surface area contributed by atoms with Gasteiger partial charge in [-0.25, -0.2) is 4.79 Å². The molecule has 0 radical (unpaired) electrons. The van der Waals surface area contributed by atoms with Crippen LogP contribution in [0.4, 0.5) is 0 Å². The SMILES string of the molecule is COC(=O)C(O)c1ccc2[nH]c3cnccc3c2c1. The number of aliphatic hydroxyl groups is 1. The summed E-state index contributed by atoms with van der Waals surface area (Å²) in [5, 5.41) is 11.8. The number of benzene rings is 1. The Balaban J connectivity index is 2.19. The maximum Gasteiger partial charge on any atom is 0.339 e. The fourth-order valence-electron chi connectivity index (χ4n) is 2.19. The van der Waals surface area contributed by atoms with E-state index < -0.39 is 12.1 Å². The van der Waals surface area contributed by atoms with Gasteiger partial charge in [-0.3, -0.25) is 4.98 Å². The third-order valence-corrected chi connectivity index (χ3v) is 3.16. The van der Waals surface area contributed by atoms with Crippen LogP contribution in [0.1, 0.15) is 11.7 Å². The molecule has 0 aliphatic heterocycles. The summed E-state index contributed by atoms with van der Waals surface area (Å²) in [6.07, 6.45) is 2.19. The van der Waals surface area contributed by atoms with Gasteiger partial charge >= 0.3 is 5.97 Å². The first-order valence-electron chi connectivity index (χ1n) is 5.82. The smallest absolute Gasteiger partial charge is 0.339 e. The molecule has 0 amide bonds. The molecule has 19 heavy (non-hydrogen) atoms. The van der Waals surface area contributed by atoms with Crippen LogP contribution in [0.3, 0.4) is 0 Å². The number of carbonyl (C=O) groups excluding carboxylic acids is 1. The molecule has 0 saturated carbocycles. The van der Waals surface area contributed by atoms with Gasteiger partial charge in [0.25, 0.3) is 0 Å². The number of methoxy groups -OCH3 is 1. The number of aromatic nitrogens is 2. The average Bonchev–Trinajstić information content (AvgIpc) is 2.83. The van der Waals surface area contributed by atoms with Crippen molar-refractivity contribution in [3.05, 3.63) is 42.2 Å². The average molecular weight is 256 g/mol. The molecular weight excluding hydrogens is 244 g/mol. The standard InChI is InChI=1S/C14H12N2O3/c1-19-14(18)13(17)8-2-3-11-10(6-8)9-4-5-15-7-12(9)16-11/h2-7,13,16-17H,1H3. The summed E-state index contributed by atoms with van der Waals surface area (Å²) < 4.78 is 4.54. The molecule has 1 aromatic carbocycles. The first-order chi connectivity index (χ1) is 9.20. The van der Waals surface area contributed by atoms with Gasteiger partial charge in [0, 0.05) is 22.5 Å². The zero-order valence-electron chi connectivity index (χ0n) is 10.3. The van der Waals surface area contributed by atoms with Crippen molar-refractivity contribution in [1.82, 2.24) is 9.97 Å². The van der Waals surface area contributed by atoms with E-state index >= 15 is 0 Å². The number of nitrogens with zero attached hydrogens (tertiary/aromatic N) is 1. The number of ether oxygens (including phenoxy) is 1. The summed E-state index contributed by atoms with van der Waals surface area (Å²) in [6.45, 7) is 0. The number of hydrogen-bond donors (Lipinski definition) is 2. The van der Waals surface area contributed by atoms with Gasteiger partial charge in [0.2, 0.25) is 0 Å². The van der Waals surface area contributed by atoms with Gasteiger partial charge in [0.1, 0.15) is 0 Å². The van der Waals surface area contributed by atoms with Crippen molar-refractivity contribution in [2.24, 2.45) is 0 Å². The summed E-state index contributed by atoms with van der Waals surface area (Å²) >= 11 is 0. The second-order valence-corrected chi connectivity index (χ2v) is 4.28. The maximum atomic E-state index is 11.4. The molecule has 5 heteroatoms. The lowest BCUT2D eigenvalue weighted by atomic mass is 10.1. The lowest BCUT2D eigenvalue weighted by Crippen LogP contribution is -2.13. The minimum atomic E-state index is -1.26. The van der Waals surface area contributed by atoms with Crippen molar-refractivity contribution in [3.63, 3.8) is 0 Å². The fourth-order valence-corrected chi connectivity index (χ4v) is 2.19. The molecule has 0 saturated heterocycles. The largest absolute Gasteiger partial charge is 0.467 e. The van der Waals surface area contributed by atoms with Gasteiger partial charge in [-0.05, 0) is 23.8 Å². The van der Waals surface area contributed by atoms with Crippen LogP contribution in [0.15, 0.2) is 36.7 Å². The number of pyridine rings is 1. The van der Waals surface area contributed by atoms with Crippen LogP contribution >= 0.6 is 0 Å². The van der Waals surface area contributed by atoms with Crippen molar-refractivity contribution in [3.8, 4) is 0 Å². The molecule has 3 rings (SSSR count). The maximum absolute atomic E-state index is 11.4. The Kier molecular flexibility index (Phi) is 2.68. The van der Waals surface area contributed by atoms with E-state index in [1.54, 1.807) is 24.5 Å². The van der Waals surface area contributed by atoms with Crippen molar-refractivity contribution < 1.29 is 14.6 Å². The number of fused-ring (bicyclic) bond motifs is 3. The molecule has 2 heterocycles. The lowest BCUT2D eigenvalue weighted by Gasteiger charge is -2.08. The Morgan fingerprint density at radius 2 is 2.16 bits per heavy atom. The predicted molar refractivity (Wildman–Crippen MR) is 70.6 cm³/mol. The van der Waals surface area contributed by atoms with Gasteiger partial charge in [-0.1, -0.05) is 6.07 Å². The topological polar surface area (TPSA) is 75.2 Å². The molecule has 2 N–H and O–H groups in total. The van der Waals surface area contributed by atoms with E-state index in [4.69, 9.17) is 0 Å². The van der Waals surface area contributed by atoms with E-state index in [1.807, 2.05) is 12.1 Å². The fraction of sp³-hybridized carbons (Fsp3) is 0.143. The van der Waals surface area contributed by atoms with Crippen molar-refractivity contribution >= 4 is 27.8 Å². The number of nitrogens with one attached hydrogen (secondary N) is 1. The highest BCUT2D eigenvalue weighted by molar-refractivity contribution is 6.07. The zero-order chi connectivity index (χ0) is 13.4. The number of hydrogen-bond acceptors (Lipinski definition) is 4. The molecule has 1 unspecified atom stereocenters. The minimum Gasteiger partial charge on any atom is -0.467 e. The van der Waals surface area contributed by atoms with Crippen LogP contribution < -0.4 is 0 Å². The monoisotopic (exact) mass is 256 g/mol. The van der Waals surface area contributed by atoms with E-state index in [-0.39, 0.29) is 0 Å². The molecule has 0 aliphatic rings. The van der Waals surface area contributed by atoms with Crippen LogP contribution in [0.2, 0.25) is 0 Å². The number of aliphatic hydroxyl groups excluding tert-OH is 1. The van der Waals surface area contributed by atoms with Gasteiger partial charge in [-0.15, -0.1) is 0 Å². The van der Waals surface area contributed by atoms with Crippen molar-refractivity contribution in [1.29, 1.82) is 0 Å². The number of carbonyl (C=O) groups is 1. The molecule has 0 spiro atoms. The normalized spacial score (nSPS) is 12.7. The van der Waals surface area contributed by atoms with Crippen LogP contribution in [0, 0.1) is 0 Å². The van der Waals surface area contributed by atoms with E-state index in [1.165, 1.54) is 7.11 Å².